The van der Waals surface area contributed by atoms with E-state index < -0.39 is 0 Å². The van der Waals surface area contributed by atoms with Gasteiger partial charge >= 0.3 is 0 Å². The van der Waals surface area contributed by atoms with E-state index in [1.807, 2.05) is 0 Å². The van der Waals surface area contributed by atoms with E-state index in [1.54, 1.807) is 0 Å². The lowest BCUT2D eigenvalue weighted by molar-refractivity contribution is 0.0345. The van der Waals surface area contributed by atoms with Crippen LogP contribution in [0.1, 0.15) is 56.8 Å². The molecule has 2 nitrogen and oxygen atoms in total. The van der Waals surface area contributed by atoms with Crippen LogP contribution in [0, 0.1) is 0 Å². The number of fused-ring (bicyclic) bond motifs is 1. The molecule has 0 fully saturated rings. The summed E-state index contributed by atoms with van der Waals surface area (Å²) < 4.78 is 5.95. The smallest absolute Gasteiger partial charge is 0.0827 e. The number of hydrogen-bond acceptors (Lipinski definition) is 2. The molecule has 2 heteroatoms. The van der Waals surface area contributed by atoms with E-state index in [-0.39, 0.29) is 0 Å². The van der Waals surface area contributed by atoms with Crippen LogP contribution in [0.5, 0.6) is 0 Å². The maximum absolute atomic E-state index is 5.95. The van der Waals surface area contributed by atoms with E-state index in [0.29, 0.717) is 12.1 Å². The molecule has 0 amide bonds. The molecule has 1 aromatic carbocycles. The molecule has 1 N–H and O–H groups in total. The molecule has 0 saturated heterocycles. The minimum atomic E-state index is 0.323. The fourth-order valence-electron chi connectivity index (χ4n) is 2.82. The van der Waals surface area contributed by atoms with Gasteiger partial charge in [-0.25, -0.2) is 0 Å². The van der Waals surface area contributed by atoms with Gasteiger partial charge in [0.25, 0.3) is 0 Å². The van der Waals surface area contributed by atoms with Crippen LogP contribution in [0.4, 0.5) is 0 Å². The third kappa shape index (κ3) is 4.32. The molecule has 19 heavy (non-hydrogen) atoms. The summed E-state index contributed by atoms with van der Waals surface area (Å²) in [6.07, 6.45) is 6.22. The van der Waals surface area contributed by atoms with Crippen molar-refractivity contribution in [2.24, 2.45) is 0 Å². The topological polar surface area (TPSA) is 21.3 Å². The van der Waals surface area contributed by atoms with E-state index in [2.05, 4.69) is 43.4 Å². The summed E-state index contributed by atoms with van der Waals surface area (Å²) in [5, 5.41) is 3.55. The zero-order chi connectivity index (χ0) is 13.5. The lowest BCUT2D eigenvalue weighted by atomic mass is 9.94. The van der Waals surface area contributed by atoms with Crippen LogP contribution in [0.25, 0.3) is 0 Å². The molecule has 0 aromatic heterocycles. The third-order valence-corrected chi connectivity index (χ3v) is 3.94. The van der Waals surface area contributed by atoms with Crippen LogP contribution in [-0.2, 0) is 11.2 Å². The van der Waals surface area contributed by atoms with Crippen LogP contribution < -0.4 is 5.32 Å². The Bertz CT molecular complexity index is 377. The van der Waals surface area contributed by atoms with Crippen LogP contribution in [-0.4, -0.2) is 19.2 Å². The van der Waals surface area contributed by atoms with Gasteiger partial charge in [0.1, 0.15) is 0 Å². The summed E-state index contributed by atoms with van der Waals surface area (Å²) in [6.45, 7) is 6.51. The summed E-state index contributed by atoms with van der Waals surface area (Å²) >= 11 is 0. The summed E-state index contributed by atoms with van der Waals surface area (Å²) in [5.41, 5.74) is 2.90. The first-order valence-electron chi connectivity index (χ1n) is 7.74. The van der Waals surface area contributed by atoms with Crippen molar-refractivity contribution in [2.45, 2.75) is 58.1 Å². The number of rotatable bonds is 7. The molecule has 2 unspecified atom stereocenters. The van der Waals surface area contributed by atoms with Crippen LogP contribution >= 0.6 is 0 Å². The average molecular weight is 261 g/mol. The minimum Gasteiger partial charge on any atom is -0.373 e. The number of hydrogen-bond donors (Lipinski definition) is 1. The van der Waals surface area contributed by atoms with Crippen molar-refractivity contribution in [3.63, 3.8) is 0 Å². The highest BCUT2D eigenvalue weighted by Gasteiger charge is 2.19. The van der Waals surface area contributed by atoms with Gasteiger partial charge in [0.2, 0.25) is 0 Å². The number of ether oxygens (including phenoxy) is 1. The quantitative estimate of drug-likeness (QED) is 0.804. The molecular weight excluding hydrogens is 234 g/mol. The first-order chi connectivity index (χ1) is 9.31. The van der Waals surface area contributed by atoms with Crippen LogP contribution in [0.3, 0.4) is 0 Å². The Labute approximate surface area is 117 Å². The molecule has 2 atom stereocenters. The van der Waals surface area contributed by atoms with Crippen molar-refractivity contribution in [1.82, 2.24) is 5.32 Å². The maximum atomic E-state index is 5.95. The number of nitrogens with one attached hydrogen (secondary N) is 1. The van der Waals surface area contributed by atoms with Gasteiger partial charge in [0.15, 0.2) is 0 Å². The van der Waals surface area contributed by atoms with Crippen molar-refractivity contribution >= 4 is 0 Å². The van der Waals surface area contributed by atoms with Gasteiger partial charge in [-0.3, -0.25) is 0 Å². The molecule has 2 rings (SSSR count). The summed E-state index contributed by atoms with van der Waals surface area (Å²) in [6, 6.07) is 9.37. The van der Waals surface area contributed by atoms with Crippen LogP contribution in [0.15, 0.2) is 24.3 Å². The van der Waals surface area contributed by atoms with Gasteiger partial charge in [-0.05, 0) is 56.7 Å². The molecule has 1 heterocycles. The maximum Gasteiger partial charge on any atom is 0.0827 e. The Hall–Kier alpha value is -0.860. The average Bonchev–Trinajstić information content (AvgIpc) is 2.45. The molecule has 1 aromatic rings. The minimum absolute atomic E-state index is 0.323. The monoisotopic (exact) mass is 261 g/mol. The molecule has 1 aliphatic heterocycles. The largest absolute Gasteiger partial charge is 0.373 e. The molecule has 0 radical (unpaired) electrons. The van der Waals surface area contributed by atoms with Crippen molar-refractivity contribution in [1.29, 1.82) is 0 Å². The van der Waals surface area contributed by atoms with Crippen molar-refractivity contribution in [3.05, 3.63) is 35.4 Å². The van der Waals surface area contributed by atoms with Crippen LogP contribution in [0.2, 0.25) is 0 Å². The van der Waals surface area contributed by atoms with Gasteiger partial charge < -0.3 is 10.1 Å². The fourth-order valence-corrected chi connectivity index (χ4v) is 2.82. The second-order valence-corrected chi connectivity index (χ2v) is 5.59. The summed E-state index contributed by atoms with van der Waals surface area (Å²) in [7, 11) is 0. The first kappa shape index (κ1) is 14.5. The summed E-state index contributed by atoms with van der Waals surface area (Å²) in [4.78, 5) is 0. The molecular formula is C17H27NO. The highest BCUT2D eigenvalue weighted by molar-refractivity contribution is 5.30. The lowest BCUT2D eigenvalue weighted by Gasteiger charge is -2.26. The molecule has 0 spiro atoms. The Kier molecular flexibility index (Phi) is 5.87. The van der Waals surface area contributed by atoms with E-state index in [9.17, 15) is 0 Å². The van der Waals surface area contributed by atoms with E-state index in [1.165, 1.54) is 30.4 Å². The van der Waals surface area contributed by atoms with Gasteiger partial charge in [0, 0.05) is 6.04 Å². The normalized spacial score (nSPS) is 20.0. The zero-order valence-corrected chi connectivity index (χ0v) is 12.3. The second-order valence-electron chi connectivity index (χ2n) is 5.59. The van der Waals surface area contributed by atoms with Gasteiger partial charge in [-0.2, -0.15) is 0 Å². The number of benzene rings is 1. The lowest BCUT2D eigenvalue weighted by Crippen LogP contribution is -2.26. The van der Waals surface area contributed by atoms with Crippen molar-refractivity contribution in [3.8, 4) is 0 Å². The molecule has 0 saturated carbocycles. The summed E-state index contributed by atoms with van der Waals surface area (Å²) in [5.74, 6) is 0. The molecule has 0 bridgehead atoms. The fraction of sp³-hybridized carbons (Fsp3) is 0.647. The molecule has 1 aliphatic rings. The highest BCUT2D eigenvalue weighted by atomic mass is 16.5. The Morgan fingerprint density at radius 2 is 2.21 bits per heavy atom. The van der Waals surface area contributed by atoms with Crippen molar-refractivity contribution in [2.75, 3.05) is 13.2 Å². The Morgan fingerprint density at radius 1 is 1.37 bits per heavy atom. The second kappa shape index (κ2) is 7.66. The Balaban J connectivity index is 1.78. The van der Waals surface area contributed by atoms with E-state index >= 15 is 0 Å². The Morgan fingerprint density at radius 3 is 3.05 bits per heavy atom. The molecule has 0 aliphatic carbocycles. The van der Waals surface area contributed by atoms with Gasteiger partial charge in [0.05, 0.1) is 12.7 Å². The van der Waals surface area contributed by atoms with Gasteiger partial charge in [-0.15, -0.1) is 0 Å². The van der Waals surface area contributed by atoms with E-state index in [4.69, 9.17) is 4.74 Å². The standard InChI is InChI=1S/C17H27NO/c1-3-12-18-14(2)7-6-10-17-16-9-5-4-8-15(16)11-13-19-17/h4-5,8-9,14,17-18H,3,6-7,10-13H2,1-2H3. The first-order valence-corrected chi connectivity index (χ1v) is 7.74. The van der Waals surface area contributed by atoms with Gasteiger partial charge in [-0.1, -0.05) is 31.2 Å². The molecule has 106 valence electrons. The van der Waals surface area contributed by atoms with Crippen molar-refractivity contribution < 1.29 is 4.74 Å². The predicted octanol–water partition coefficient (Wildman–Crippen LogP) is 3.86. The zero-order valence-electron chi connectivity index (χ0n) is 12.3. The van der Waals surface area contributed by atoms with E-state index in [0.717, 1.165) is 26.0 Å². The SMILES string of the molecule is CCCNC(C)CCCC1OCCc2ccccc21. The predicted molar refractivity (Wildman–Crippen MR) is 80.4 cm³/mol. The third-order valence-electron chi connectivity index (χ3n) is 3.94. The highest BCUT2D eigenvalue weighted by Crippen LogP contribution is 2.30.